The summed E-state index contributed by atoms with van der Waals surface area (Å²) < 4.78 is 11.2. The number of benzene rings is 1. The Morgan fingerprint density at radius 3 is 2.71 bits per heavy atom. The zero-order valence-electron chi connectivity index (χ0n) is 16.6. The summed E-state index contributed by atoms with van der Waals surface area (Å²) in [6, 6.07) is 5.41. The van der Waals surface area contributed by atoms with Crippen LogP contribution >= 0.6 is 0 Å². The molecular weight excluding hydrogens is 358 g/mol. The van der Waals surface area contributed by atoms with Gasteiger partial charge in [-0.15, -0.1) is 0 Å². The summed E-state index contributed by atoms with van der Waals surface area (Å²) in [6.45, 7) is 6.27. The number of aromatic hydroxyl groups is 1. The monoisotopic (exact) mass is 385 g/mol. The van der Waals surface area contributed by atoms with E-state index in [1.807, 2.05) is 32.9 Å². The van der Waals surface area contributed by atoms with Crippen molar-refractivity contribution in [1.82, 2.24) is 4.98 Å². The Balaban J connectivity index is 1.87. The fourth-order valence-corrected chi connectivity index (χ4v) is 3.64. The quantitative estimate of drug-likeness (QED) is 0.781. The molecule has 1 saturated heterocycles. The van der Waals surface area contributed by atoms with E-state index < -0.39 is 5.97 Å². The van der Waals surface area contributed by atoms with E-state index in [9.17, 15) is 9.90 Å². The first-order valence-electron chi connectivity index (χ1n) is 9.61. The topological polar surface area (TPSA) is 88.9 Å². The molecule has 2 N–H and O–H groups in total. The largest absolute Gasteiger partial charge is 0.506 e. The summed E-state index contributed by atoms with van der Waals surface area (Å²) in [5, 5.41) is 19.1. The molecule has 2 aromatic rings. The lowest BCUT2D eigenvalue weighted by molar-refractivity contribution is -0.139. The van der Waals surface area contributed by atoms with Gasteiger partial charge in [0.25, 0.3) is 0 Å². The van der Waals surface area contributed by atoms with E-state index in [4.69, 9.17) is 19.6 Å². The minimum atomic E-state index is -0.996. The molecule has 0 aliphatic carbocycles. The van der Waals surface area contributed by atoms with Crippen LogP contribution in [0.3, 0.4) is 0 Å². The van der Waals surface area contributed by atoms with Crippen molar-refractivity contribution < 1.29 is 24.5 Å². The van der Waals surface area contributed by atoms with Gasteiger partial charge in [-0.3, -0.25) is 4.98 Å². The fourth-order valence-electron chi connectivity index (χ4n) is 3.64. The molecule has 0 spiro atoms. The van der Waals surface area contributed by atoms with E-state index in [0.29, 0.717) is 24.5 Å². The molecule has 1 aromatic carbocycles. The smallest absolute Gasteiger partial charge is 0.341 e. The van der Waals surface area contributed by atoms with Crippen LogP contribution in [0.2, 0.25) is 0 Å². The van der Waals surface area contributed by atoms with Gasteiger partial charge in [-0.05, 0) is 80.5 Å². The minimum absolute atomic E-state index is 0.149. The fraction of sp³-hybridized carbons (Fsp3) is 0.455. The molecule has 1 atom stereocenters. The Bertz CT molecular complexity index is 872. The molecule has 1 aliphatic heterocycles. The van der Waals surface area contributed by atoms with Crippen LogP contribution in [0.5, 0.6) is 11.5 Å². The number of hydrogen-bond acceptors (Lipinski definition) is 5. The van der Waals surface area contributed by atoms with Crippen molar-refractivity contribution in [2.75, 3.05) is 13.2 Å². The highest BCUT2D eigenvalue weighted by atomic mass is 16.5. The first kappa shape index (κ1) is 20.1. The third kappa shape index (κ3) is 4.44. The van der Waals surface area contributed by atoms with Crippen LogP contribution in [0.4, 0.5) is 0 Å². The van der Waals surface area contributed by atoms with Crippen LogP contribution in [-0.2, 0) is 16.0 Å². The molecule has 1 aliphatic rings. The van der Waals surface area contributed by atoms with Gasteiger partial charge in [0.05, 0.1) is 0 Å². The van der Waals surface area contributed by atoms with Crippen molar-refractivity contribution in [3.63, 3.8) is 0 Å². The third-order valence-corrected chi connectivity index (χ3v) is 5.36. The molecule has 1 fully saturated rings. The average molecular weight is 385 g/mol. The maximum atomic E-state index is 10.8. The molecule has 150 valence electrons. The van der Waals surface area contributed by atoms with Crippen molar-refractivity contribution in [3.8, 4) is 11.5 Å². The average Bonchev–Trinajstić information content (AvgIpc) is 2.68. The third-order valence-electron chi connectivity index (χ3n) is 5.36. The Kier molecular flexibility index (Phi) is 6.19. The Hall–Kier alpha value is -2.60. The van der Waals surface area contributed by atoms with Crippen molar-refractivity contribution >= 4 is 5.97 Å². The highest BCUT2D eigenvalue weighted by Crippen LogP contribution is 2.33. The van der Waals surface area contributed by atoms with Gasteiger partial charge >= 0.3 is 5.97 Å². The molecule has 1 aromatic heterocycles. The zero-order valence-corrected chi connectivity index (χ0v) is 16.6. The summed E-state index contributed by atoms with van der Waals surface area (Å²) in [5.74, 6) is -0.224. The van der Waals surface area contributed by atoms with Crippen LogP contribution in [0.1, 0.15) is 59.0 Å². The first-order valence-corrected chi connectivity index (χ1v) is 9.61. The van der Waals surface area contributed by atoms with E-state index >= 15 is 0 Å². The normalized spacial score (nSPS) is 16.8. The van der Waals surface area contributed by atoms with Gasteiger partial charge in [0.2, 0.25) is 0 Å². The van der Waals surface area contributed by atoms with Gasteiger partial charge in [0, 0.05) is 18.7 Å². The summed E-state index contributed by atoms with van der Waals surface area (Å²) in [7, 11) is 0. The molecule has 6 nitrogen and oxygen atoms in total. The van der Waals surface area contributed by atoms with Crippen molar-refractivity contribution in [1.29, 1.82) is 0 Å². The van der Waals surface area contributed by atoms with Gasteiger partial charge in [-0.1, -0.05) is 0 Å². The second-order valence-electron chi connectivity index (χ2n) is 7.34. The van der Waals surface area contributed by atoms with E-state index in [0.717, 1.165) is 47.2 Å². The number of carboxylic acids is 1. The molecule has 3 rings (SSSR count). The molecule has 28 heavy (non-hydrogen) atoms. The summed E-state index contributed by atoms with van der Waals surface area (Å²) in [4.78, 5) is 15.5. The van der Waals surface area contributed by atoms with Gasteiger partial charge in [0.1, 0.15) is 23.3 Å². The predicted molar refractivity (Wildman–Crippen MR) is 105 cm³/mol. The van der Waals surface area contributed by atoms with Crippen LogP contribution in [0.15, 0.2) is 18.2 Å². The lowest BCUT2D eigenvalue weighted by atomic mass is 9.93. The number of nitrogens with zero attached hydrogens (tertiary/aromatic N) is 1. The van der Waals surface area contributed by atoms with E-state index in [-0.39, 0.29) is 18.5 Å². The maximum absolute atomic E-state index is 10.8. The van der Waals surface area contributed by atoms with Crippen LogP contribution in [0, 0.1) is 20.8 Å². The standard InChI is InChI=1S/C22H27NO5/c1-13-10-20(28-12-21(25)26)15(3)14(2)17(13)11-16-7-8-18(24)22(23-16)19-6-4-5-9-27-19/h7-8,10,19,24H,4-6,9,11-12H2,1-3H3,(H,25,26). The number of carboxylic acid groups (broad SMARTS) is 1. The zero-order chi connectivity index (χ0) is 20.3. The molecule has 0 bridgehead atoms. The number of carbonyl (C=O) groups is 1. The highest BCUT2D eigenvalue weighted by molar-refractivity contribution is 5.68. The predicted octanol–water partition coefficient (Wildman–Crippen LogP) is 4.01. The van der Waals surface area contributed by atoms with Gasteiger partial charge in [-0.25, -0.2) is 4.79 Å². The number of aromatic nitrogens is 1. The summed E-state index contributed by atoms with van der Waals surface area (Å²) >= 11 is 0. The number of hydrogen-bond donors (Lipinski definition) is 2. The Morgan fingerprint density at radius 2 is 2.04 bits per heavy atom. The summed E-state index contributed by atoms with van der Waals surface area (Å²) in [5.41, 5.74) is 5.63. The lowest BCUT2D eigenvalue weighted by Crippen LogP contribution is -2.14. The van der Waals surface area contributed by atoms with Gasteiger partial charge in [0.15, 0.2) is 6.61 Å². The number of ether oxygens (including phenoxy) is 2. The lowest BCUT2D eigenvalue weighted by Gasteiger charge is -2.23. The Morgan fingerprint density at radius 1 is 1.25 bits per heavy atom. The second-order valence-corrected chi connectivity index (χ2v) is 7.34. The minimum Gasteiger partial charge on any atom is -0.506 e. The van der Waals surface area contributed by atoms with E-state index in [2.05, 4.69) is 0 Å². The SMILES string of the molecule is Cc1cc(OCC(=O)O)c(C)c(C)c1Cc1ccc(O)c(C2CCCCO2)n1. The van der Waals surface area contributed by atoms with Crippen molar-refractivity contribution in [3.05, 3.63) is 51.8 Å². The number of aliphatic carboxylic acids is 1. The molecule has 0 amide bonds. The van der Waals surface area contributed by atoms with Gasteiger partial charge < -0.3 is 19.7 Å². The molecule has 1 unspecified atom stereocenters. The number of rotatable bonds is 6. The number of pyridine rings is 1. The Labute approximate surface area is 165 Å². The first-order chi connectivity index (χ1) is 13.4. The van der Waals surface area contributed by atoms with Gasteiger partial charge in [-0.2, -0.15) is 0 Å². The second kappa shape index (κ2) is 8.61. The molecule has 6 heteroatoms. The van der Waals surface area contributed by atoms with Crippen LogP contribution in [0.25, 0.3) is 0 Å². The molecular formula is C22H27NO5. The van der Waals surface area contributed by atoms with Crippen LogP contribution < -0.4 is 4.74 Å². The van der Waals surface area contributed by atoms with E-state index in [1.54, 1.807) is 6.07 Å². The summed E-state index contributed by atoms with van der Waals surface area (Å²) in [6.07, 6.45) is 3.47. The molecule has 2 heterocycles. The van der Waals surface area contributed by atoms with Crippen molar-refractivity contribution in [2.24, 2.45) is 0 Å². The highest BCUT2D eigenvalue weighted by Gasteiger charge is 2.22. The number of aryl methyl sites for hydroxylation is 1. The molecule has 0 saturated carbocycles. The molecule has 0 radical (unpaired) electrons. The van der Waals surface area contributed by atoms with Crippen molar-refractivity contribution in [2.45, 2.75) is 52.6 Å². The van der Waals surface area contributed by atoms with Crippen LogP contribution in [-0.4, -0.2) is 34.4 Å². The maximum Gasteiger partial charge on any atom is 0.341 e. The van der Waals surface area contributed by atoms with E-state index in [1.165, 1.54) is 0 Å².